The number of pyridine rings is 1. The maximum atomic E-state index is 8.65. The fraction of sp³-hybridized carbons (Fsp3) is 0.643. The molecule has 0 bridgehead atoms. The van der Waals surface area contributed by atoms with Gasteiger partial charge in [-0.1, -0.05) is 6.92 Å². The molecule has 0 radical (unpaired) electrons. The lowest BCUT2D eigenvalue weighted by atomic mass is 10.2. The van der Waals surface area contributed by atoms with Crippen molar-refractivity contribution in [3.05, 3.63) is 24.0 Å². The molecule has 0 aromatic carbocycles. The molecular formula is C14H24N2O2. The van der Waals surface area contributed by atoms with Gasteiger partial charge in [-0.25, -0.2) is 0 Å². The Balaban J connectivity index is 2.19. The van der Waals surface area contributed by atoms with E-state index in [1.807, 2.05) is 12.1 Å². The summed E-state index contributed by atoms with van der Waals surface area (Å²) in [5.41, 5.74) is 1.04. The quantitative estimate of drug-likeness (QED) is 0.626. The van der Waals surface area contributed by atoms with Crippen LogP contribution in [-0.2, 0) is 6.54 Å². The molecule has 102 valence electrons. The highest BCUT2D eigenvalue weighted by atomic mass is 16.5. The van der Waals surface area contributed by atoms with E-state index in [4.69, 9.17) is 9.84 Å². The van der Waals surface area contributed by atoms with E-state index < -0.39 is 0 Å². The number of aromatic nitrogens is 1. The van der Waals surface area contributed by atoms with E-state index in [2.05, 4.69) is 17.2 Å². The van der Waals surface area contributed by atoms with Gasteiger partial charge >= 0.3 is 0 Å². The number of hydrogen-bond acceptors (Lipinski definition) is 4. The van der Waals surface area contributed by atoms with Crippen LogP contribution in [0.3, 0.4) is 0 Å². The Morgan fingerprint density at radius 1 is 1.28 bits per heavy atom. The molecule has 0 spiro atoms. The maximum absolute atomic E-state index is 8.65. The number of rotatable bonds is 10. The Hall–Kier alpha value is -1.13. The number of nitrogens with zero attached hydrogens (tertiary/aromatic N) is 1. The van der Waals surface area contributed by atoms with Crippen molar-refractivity contribution in [3.8, 4) is 5.75 Å². The topological polar surface area (TPSA) is 54.4 Å². The largest absolute Gasteiger partial charge is 0.492 e. The molecular weight excluding hydrogens is 228 g/mol. The smallest absolute Gasteiger partial charge is 0.137 e. The SMILES string of the molecule is CCCNCc1ccc(OCCCCCO)cn1. The normalized spacial score (nSPS) is 10.6. The Morgan fingerprint density at radius 3 is 2.83 bits per heavy atom. The molecule has 0 unspecified atom stereocenters. The number of ether oxygens (including phenoxy) is 1. The molecule has 1 aromatic heterocycles. The molecule has 1 rings (SSSR count). The standard InChI is InChI=1S/C14H24N2O2/c1-2-8-15-11-13-6-7-14(12-16-13)18-10-5-3-4-9-17/h6-7,12,15,17H,2-5,8-11H2,1H3. The van der Waals surface area contributed by atoms with Crippen molar-refractivity contribution in [2.45, 2.75) is 39.2 Å². The predicted octanol–water partition coefficient (Wildman–Crippen LogP) is 2.12. The third-order valence-corrected chi connectivity index (χ3v) is 2.60. The Labute approximate surface area is 109 Å². The molecule has 0 aliphatic heterocycles. The second kappa shape index (κ2) is 9.85. The van der Waals surface area contributed by atoms with Gasteiger partial charge in [0.2, 0.25) is 0 Å². The van der Waals surface area contributed by atoms with E-state index in [9.17, 15) is 0 Å². The van der Waals surface area contributed by atoms with Crippen molar-refractivity contribution < 1.29 is 9.84 Å². The van der Waals surface area contributed by atoms with Gasteiger partial charge in [0.05, 0.1) is 18.5 Å². The lowest BCUT2D eigenvalue weighted by molar-refractivity contribution is 0.265. The second-order valence-electron chi connectivity index (χ2n) is 4.29. The minimum absolute atomic E-state index is 0.265. The molecule has 0 saturated carbocycles. The molecule has 1 aromatic rings. The molecule has 18 heavy (non-hydrogen) atoms. The highest BCUT2D eigenvalue weighted by Crippen LogP contribution is 2.10. The van der Waals surface area contributed by atoms with Crippen LogP contribution in [0.15, 0.2) is 18.3 Å². The average molecular weight is 252 g/mol. The number of hydrogen-bond donors (Lipinski definition) is 2. The number of aliphatic hydroxyl groups is 1. The molecule has 0 atom stereocenters. The summed E-state index contributed by atoms with van der Waals surface area (Å²) in [6.07, 6.45) is 5.73. The van der Waals surface area contributed by atoms with Crippen molar-refractivity contribution in [2.75, 3.05) is 19.8 Å². The van der Waals surface area contributed by atoms with Crippen LogP contribution in [-0.4, -0.2) is 29.8 Å². The number of unbranched alkanes of at least 4 members (excludes halogenated alkanes) is 2. The fourth-order valence-electron chi connectivity index (χ4n) is 1.57. The third-order valence-electron chi connectivity index (χ3n) is 2.60. The van der Waals surface area contributed by atoms with Crippen LogP contribution in [0.25, 0.3) is 0 Å². The molecule has 0 fully saturated rings. The van der Waals surface area contributed by atoms with Crippen LogP contribution in [0, 0.1) is 0 Å². The minimum atomic E-state index is 0.265. The lowest BCUT2D eigenvalue weighted by Gasteiger charge is -2.07. The van der Waals surface area contributed by atoms with Gasteiger partial charge in [-0.2, -0.15) is 0 Å². The van der Waals surface area contributed by atoms with E-state index in [0.717, 1.165) is 50.2 Å². The van der Waals surface area contributed by atoms with Crippen molar-refractivity contribution in [3.63, 3.8) is 0 Å². The number of nitrogens with one attached hydrogen (secondary N) is 1. The van der Waals surface area contributed by atoms with Gasteiger partial charge in [-0.15, -0.1) is 0 Å². The van der Waals surface area contributed by atoms with E-state index >= 15 is 0 Å². The summed E-state index contributed by atoms with van der Waals surface area (Å²) in [5.74, 6) is 0.818. The monoisotopic (exact) mass is 252 g/mol. The summed E-state index contributed by atoms with van der Waals surface area (Å²) in [6.45, 7) is 4.93. The fourth-order valence-corrected chi connectivity index (χ4v) is 1.57. The highest BCUT2D eigenvalue weighted by molar-refractivity contribution is 5.19. The van der Waals surface area contributed by atoms with Crippen molar-refractivity contribution in [2.24, 2.45) is 0 Å². The zero-order valence-electron chi connectivity index (χ0n) is 11.2. The lowest BCUT2D eigenvalue weighted by Crippen LogP contribution is -2.14. The van der Waals surface area contributed by atoms with Crippen molar-refractivity contribution in [1.82, 2.24) is 10.3 Å². The summed E-state index contributed by atoms with van der Waals surface area (Å²) < 4.78 is 5.57. The molecule has 4 nitrogen and oxygen atoms in total. The van der Waals surface area contributed by atoms with Gasteiger partial charge in [0, 0.05) is 13.2 Å². The number of aliphatic hydroxyl groups excluding tert-OH is 1. The van der Waals surface area contributed by atoms with Crippen LogP contribution in [0.2, 0.25) is 0 Å². The molecule has 1 heterocycles. The molecule has 0 aliphatic carbocycles. The van der Waals surface area contributed by atoms with Crippen molar-refractivity contribution >= 4 is 0 Å². The summed E-state index contributed by atoms with van der Waals surface area (Å²) >= 11 is 0. The van der Waals surface area contributed by atoms with Gasteiger partial charge in [0.25, 0.3) is 0 Å². The Bertz CT molecular complexity index is 301. The zero-order chi connectivity index (χ0) is 13.1. The summed E-state index contributed by atoms with van der Waals surface area (Å²) in [7, 11) is 0. The van der Waals surface area contributed by atoms with Gasteiger partial charge < -0.3 is 15.2 Å². The van der Waals surface area contributed by atoms with Crippen molar-refractivity contribution in [1.29, 1.82) is 0 Å². The van der Waals surface area contributed by atoms with Crippen LogP contribution in [0.1, 0.15) is 38.3 Å². The first-order valence-corrected chi connectivity index (χ1v) is 6.76. The molecule has 0 saturated heterocycles. The third kappa shape index (κ3) is 6.57. The second-order valence-corrected chi connectivity index (χ2v) is 4.29. The minimum Gasteiger partial charge on any atom is -0.492 e. The van der Waals surface area contributed by atoms with Gasteiger partial charge in [0.15, 0.2) is 0 Å². The van der Waals surface area contributed by atoms with Gasteiger partial charge in [-0.05, 0) is 44.4 Å². The van der Waals surface area contributed by atoms with Gasteiger partial charge in [0.1, 0.15) is 5.75 Å². The zero-order valence-corrected chi connectivity index (χ0v) is 11.2. The molecule has 2 N–H and O–H groups in total. The van der Waals surface area contributed by atoms with Crippen LogP contribution < -0.4 is 10.1 Å². The summed E-state index contributed by atoms with van der Waals surface area (Å²) in [4.78, 5) is 4.34. The van der Waals surface area contributed by atoms with E-state index in [1.165, 1.54) is 0 Å². The van der Waals surface area contributed by atoms with E-state index in [1.54, 1.807) is 6.20 Å². The molecule has 0 amide bonds. The van der Waals surface area contributed by atoms with Gasteiger partial charge in [-0.3, -0.25) is 4.98 Å². The first-order chi connectivity index (χ1) is 8.86. The summed E-state index contributed by atoms with van der Waals surface area (Å²) in [5, 5.41) is 12.0. The Kier molecular flexibility index (Phi) is 8.17. The summed E-state index contributed by atoms with van der Waals surface area (Å²) in [6, 6.07) is 3.95. The van der Waals surface area contributed by atoms with Crippen LogP contribution in [0.4, 0.5) is 0 Å². The first kappa shape index (κ1) is 14.9. The van der Waals surface area contributed by atoms with Crippen LogP contribution >= 0.6 is 0 Å². The molecule has 0 aliphatic rings. The predicted molar refractivity (Wildman–Crippen MR) is 72.7 cm³/mol. The van der Waals surface area contributed by atoms with Crippen LogP contribution in [0.5, 0.6) is 5.75 Å². The highest BCUT2D eigenvalue weighted by Gasteiger charge is 1.97. The Morgan fingerprint density at radius 2 is 2.17 bits per heavy atom. The molecule has 4 heteroatoms. The van der Waals surface area contributed by atoms with E-state index in [-0.39, 0.29) is 6.61 Å². The first-order valence-electron chi connectivity index (χ1n) is 6.76. The maximum Gasteiger partial charge on any atom is 0.137 e. The average Bonchev–Trinajstić information content (AvgIpc) is 2.40. The van der Waals surface area contributed by atoms with E-state index in [0.29, 0.717) is 6.61 Å².